The number of hydrogen-bond donors (Lipinski definition) is 2. The molecule has 5 rings (SSSR count). The van der Waals surface area contributed by atoms with Gasteiger partial charge in [0.1, 0.15) is 18.2 Å². The molecule has 0 aliphatic heterocycles. The number of aromatic nitrogens is 2. The summed E-state index contributed by atoms with van der Waals surface area (Å²) in [4.78, 5) is 21.6. The standard InChI is InChI=1S/C36H40N4O3/c1-2-42-35(41)20-15-27-13-18-33-32(22-27)36(38-24-30-10-6-9-29(21-30)23-37)40-34(39-33)19-14-26-11-16-31(17-12-26)43-25-28-7-4-3-5-8-28/h3-5,7-8,11-20,22,29-30H,2,6,9-10,21,23-25,37H2,1H3,(H,38,39,40). The van der Waals surface area contributed by atoms with Gasteiger partial charge < -0.3 is 20.5 Å². The van der Waals surface area contributed by atoms with Crippen molar-refractivity contribution in [1.82, 2.24) is 9.97 Å². The van der Waals surface area contributed by atoms with E-state index < -0.39 is 0 Å². The molecule has 4 aromatic rings. The number of esters is 1. The first-order valence-electron chi connectivity index (χ1n) is 15.1. The molecule has 222 valence electrons. The van der Waals surface area contributed by atoms with Gasteiger partial charge in [-0.3, -0.25) is 0 Å². The van der Waals surface area contributed by atoms with Gasteiger partial charge in [0, 0.05) is 18.0 Å². The Hall–Kier alpha value is -4.49. The maximum Gasteiger partial charge on any atom is 0.330 e. The molecular weight excluding hydrogens is 536 g/mol. The normalized spacial score (nSPS) is 17.0. The lowest BCUT2D eigenvalue weighted by molar-refractivity contribution is -0.137. The summed E-state index contributed by atoms with van der Waals surface area (Å²) in [6.45, 7) is 4.25. The maximum absolute atomic E-state index is 11.8. The van der Waals surface area contributed by atoms with E-state index in [9.17, 15) is 4.79 Å². The summed E-state index contributed by atoms with van der Waals surface area (Å²) in [7, 11) is 0. The number of nitrogens with one attached hydrogen (secondary N) is 1. The zero-order valence-corrected chi connectivity index (χ0v) is 24.7. The zero-order chi connectivity index (χ0) is 29.9. The van der Waals surface area contributed by atoms with Gasteiger partial charge in [-0.2, -0.15) is 0 Å². The average molecular weight is 577 g/mol. The third-order valence-electron chi connectivity index (χ3n) is 7.77. The largest absolute Gasteiger partial charge is 0.489 e. The van der Waals surface area contributed by atoms with Crippen LogP contribution in [-0.4, -0.2) is 35.6 Å². The fraction of sp³-hybridized carbons (Fsp3) is 0.306. The second-order valence-corrected chi connectivity index (χ2v) is 11.0. The van der Waals surface area contributed by atoms with Gasteiger partial charge in [0.15, 0.2) is 5.82 Å². The Kier molecular flexibility index (Phi) is 10.5. The molecule has 1 aliphatic rings. The third kappa shape index (κ3) is 8.75. The fourth-order valence-electron chi connectivity index (χ4n) is 5.46. The van der Waals surface area contributed by atoms with Gasteiger partial charge in [-0.25, -0.2) is 14.8 Å². The van der Waals surface area contributed by atoms with Crippen LogP contribution in [0.25, 0.3) is 29.1 Å². The number of rotatable bonds is 12. The van der Waals surface area contributed by atoms with Gasteiger partial charge in [0.2, 0.25) is 0 Å². The number of nitrogens with zero attached hydrogens (tertiary/aromatic N) is 2. The summed E-state index contributed by atoms with van der Waals surface area (Å²) in [6.07, 6.45) is 11.9. The highest BCUT2D eigenvalue weighted by Gasteiger charge is 2.21. The minimum absolute atomic E-state index is 0.345. The molecule has 3 N–H and O–H groups in total. The van der Waals surface area contributed by atoms with Crippen molar-refractivity contribution in [3.63, 3.8) is 0 Å². The number of carbonyl (C=O) groups excluding carboxylic acids is 1. The van der Waals surface area contributed by atoms with Crippen LogP contribution >= 0.6 is 0 Å². The molecule has 1 aromatic heterocycles. The topological polar surface area (TPSA) is 99.4 Å². The van der Waals surface area contributed by atoms with E-state index in [4.69, 9.17) is 25.2 Å². The first kappa shape index (κ1) is 30.0. The number of fused-ring (bicyclic) bond motifs is 1. The highest BCUT2D eigenvalue weighted by molar-refractivity contribution is 5.93. The Morgan fingerprint density at radius 1 is 0.953 bits per heavy atom. The van der Waals surface area contributed by atoms with E-state index in [2.05, 4.69) is 17.4 Å². The number of ether oxygens (including phenoxy) is 2. The lowest BCUT2D eigenvalue weighted by Gasteiger charge is -2.28. The number of benzene rings is 3. The Morgan fingerprint density at radius 2 is 1.74 bits per heavy atom. The molecule has 2 atom stereocenters. The quantitative estimate of drug-likeness (QED) is 0.137. The van der Waals surface area contributed by atoms with Crippen molar-refractivity contribution in [2.75, 3.05) is 25.0 Å². The second-order valence-electron chi connectivity index (χ2n) is 11.0. The van der Waals surface area contributed by atoms with Crippen LogP contribution in [0.4, 0.5) is 5.82 Å². The molecule has 0 bridgehead atoms. The number of nitrogens with two attached hydrogens (primary N) is 1. The predicted octanol–water partition coefficient (Wildman–Crippen LogP) is 7.13. The second kappa shape index (κ2) is 15.1. The van der Waals surface area contributed by atoms with Gasteiger partial charge in [-0.15, -0.1) is 0 Å². The molecule has 1 aliphatic carbocycles. The lowest BCUT2D eigenvalue weighted by Crippen LogP contribution is -2.26. The van der Waals surface area contributed by atoms with E-state index in [-0.39, 0.29) is 5.97 Å². The number of carbonyl (C=O) groups is 1. The summed E-state index contributed by atoms with van der Waals surface area (Å²) in [5.74, 6) is 3.02. The van der Waals surface area contributed by atoms with E-state index in [1.54, 1.807) is 13.0 Å². The molecule has 0 radical (unpaired) electrons. The Labute approximate surface area is 253 Å². The molecule has 0 saturated heterocycles. The highest BCUT2D eigenvalue weighted by atomic mass is 16.5. The molecule has 7 heteroatoms. The van der Waals surface area contributed by atoms with Crippen LogP contribution in [0, 0.1) is 11.8 Å². The summed E-state index contributed by atoms with van der Waals surface area (Å²) in [5, 5.41) is 4.54. The van der Waals surface area contributed by atoms with Crippen LogP contribution in [0.15, 0.2) is 78.9 Å². The van der Waals surface area contributed by atoms with Crippen molar-refractivity contribution < 1.29 is 14.3 Å². The van der Waals surface area contributed by atoms with Gasteiger partial charge in [-0.1, -0.05) is 61.0 Å². The van der Waals surface area contributed by atoms with Crippen molar-refractivity contribution in [3.05, 3.63) is 101 Å². The van der Waals surface area contributed by atoms with Gasteiger partial charge in [0.05, 0.1) is 12.1 Å². The van der Waals surface area contributed by atoms with Crippen LogP contribution in [-0.2, 0) is 16.1 Å². The fourth-order valence-corrected chi connectivity index (χ4v) is 5.46. The molecule has 1 saturated carbocycles. The first-order chi connectivity index (χ1) is 21.1. The number of anilines is 1. The van der Waals surface area contributed by atoms with Crippen LogP contribution in [0.1, 0.15) is 55.1 Å². The van der Waals surface area contributed by atoms with Crippen molar-refractivity contribution in [2.45, 2.75) is 39.2 Å². The van der Waals surface area contributed by atoms with Crippen molar-refractivity contribution in [2.24, 2.45) is 17.6 Å². The predicted molar refractivity (Wildman–Crippen MR) is 174 cm³/mol. The van der Waals surface area contributed by atoms with E-state index in [0.29, 0.717) is 30.9 Å². The molecule has 43 heavy (non-hydrogen) atoms. The Balaban J connectivity index is 1.34. The van der Waals surface area contributed by atoms with E-state index >= 15 is 0 Å². The molecule has 0 amide bonds. The van der Waals surface area contributed by atoms with E-state index in [0.717, 1.165) is 58.7 Å². The molecule has 1 heterocycles. The summed E-state index contributed by atoms with van der Waals surface area (Å²) >= 11 is 0. The minimum atomic E-state index is -0.361. The molecule has 0 spiro atoms. The van der Waals surface area contributed by atoms with Gasteiger partial charge >= 0.3 is 5.97 Å². The van der Waals surface area contributed by atoms with Gasteiger partial charge in [-0.05, 0) is 97.7 Å². The first-order valence-corrected chi connectivity index (χ1v) is 15.1. The highest BCUT2D eigenvalue weighted by Crippen LogP contribution is 2.30. The molecular formula is C36H40N4O3. The summed E-state index contributed by atoms with van der Waals surface area (Å²) in [5.41, 5.74) is 9.86. The summed E-state index contributed by atoms with van der Waals surface area (Å²) in [6, 6.07) is 24.0. The molecule has 3 aromatic carbocycles. The Bertz CT molecular complexity index is 1550. The van der Waals surface area contributed by atoms with Crippen LogP contribution < -0.4 is 15.8 Å². The smallest absolute Gasteiger partial charge is 0.330 e. The van der Waals surface area contributed by atoms with Crippen LogP contribution in [0.2, 0.25) is 0 Å². The third-order valence-corrected chi connectivity index (χ3v) is 7.77. The average Bonchev–Trinajstić information content (AvgIpc) is 3.05. The Morgan fingerprint density at radius 3 is 2.53 bits per heavy atom. The zero-order valence-electron chi connectivity index (χ0n) is 24.7. The van der Waals surface area contributed by atoms with Crippen LogP contribution in [0.3, 0.4) is 0 Å². The number of hydrogen-bond acceptors (Lipinski definition) is 7. The van der Waals surface area contributed by atoms with Crippen LogP contribution in [0.5, 0.6) is 5.75 Å². The van der Waals surface area contributed by atoms with E-state index in [1.807, 2.05) is 72.8 Å². The van der Waals surface area contributed by atoms with Gasteiger partial charge in [0.25, 0.3) is 0 Å². The lowest BCUT2D eigenvalue weighted by atomic mass is 9.81. The molecule has 2 unspecified atom stereocenters. The molecule has 1 fully saturated rings. The minimum Gasteiger partial charge on any atom is -0.489 e. The maximum atomic E-state index is 11.8. The SMILES string of the molecule is CCOC(=O)C=Cc1ccc2nc(C=Cc3ccc(OCc4ccccc4)cc3)nc(NCC3CCCC(CN)C3)c2c1. The van der Waals surface area contributed by atoms with E-state index in [1.165, 1.54) is 25.3 Å². The summed E-state index contributed by atoms with van der Waals surface area (Å²) < 4.78 is 11.0. The monoisotopic (exact) mass is 576 g/mol. The van der Waals surface area contributed by atoms with Crippen molar-refractivity contribution in [1.29, 1.82) is 0 Å². The molecule has 7 nitrogen and oxygen atoms in total. The van der Waals surface area contributed by atoms with Crippen molar-refractivity contribution >= 4 is 40.9 Å². The van der Waals surface area contributed by atoms with Crippen molar-refractivity contribution in [3.8, 4) is 5.75 Å².